The summed E-state index contributed by atoms with van der Waals surface area (Å²) in [6.45, 7) is 11.5. The molecular formula is C28H32BrFN2O6. The summed E-state index contributed by atoms with van der Waals surface area (Å²) in [5, 5.41) is 18.7. The van der Waals surface area contributed by atoms with Crippen molar-refractivity contribution in [3.8, 4) is 11.5 Å². The van der Waals surface area contributed by atoms with Crippen molar-refractivity contribution in [3.05, 3.63) is 57.6 Å². The van der Waals surface area contributed by atoms with Gasteiger partial charge >= 0.3 is 5.97 Å². The first-order valence-corrected chi connectivity index (χ1v) is 12.2. The molecule has 3 aromatic rings. The predicted octanol–water partition coefficient (Wildman–Crippen LogP) is 6.28. The SMILES string of the molecule is Br.CCOc1cc2c(c(F)c1OCC)C(=N)N(CC(=O)c1cc(C(C)(C)C)c3oc(C)c(C(=O)O)c3c1)C2. The van der Waals surface area contributed by atoms with Gasteiger partial charge in [0.1, 0.15) is 22.7 Å². The van der Waals surface area contributed by atoms with Gasteiger partial charge in [-0.2, -0.15) is 0 Å². The van der Waals surface area contributed by atoms with Crippen molar-refractivity contribution in [1.29, 1.82) is 5.41 Å². The Hall–Kier alpha value is -3.40. The molecule has 0 fully saturated rings. The number of hydrogen-bond donors (Lipinski definition) is 2. The van der Waals surface area contributed by atoms with E-state index in [4.69, 9.17) is 19.3 Å². The van der Waals surface area contributed by atoms with Crippen LogP contribution < -0.4 is 9.47 Å². The third-order valence-corrected chi connectivity index (χ3v) is 6.42. The summed E-state index contributed by atoms with van der Waals surface area (Å²) in [6, 6.07) is 4.90. The van der Waals surface area contributed by atoms with Gasteiger partial charge in [-0.05, 0) is 49.9 Å². The van der Waals surface area contributed by atoms with E-state index in [0.717, 1.165) is 0 Å². The van der Waals surface area contributed by atoms with Gasteiger partial charge in [0.15, 0.2) is 23.1 Å². The van der Waals surface area contributed by atoms with Crippen LogP contribution in [0.2, 0.25) is 0 Å². The van der Waals surface area contributed by atoms with Gasteiger partial charge in [0.25, 0.3) is 0 Å². The summed E-state index contributed by atoms with van der Waals surface area (Å²) >= 11 is 0. The molecule has 2 heterocycles. The Labute approximate surface area is 231 Å². The molecule has 0 saturated carbocycles. The molecule has 0 unspecified atom stereocenters. The van der Waals surface area contributed by atoms with Crippen molar-refractivity contribution in [2.75, 3.05) is 19.8 Å². The number of amidine groups is 1. The van der Waals surface area contributed by atoms with Crippen molar-refractivity contribution >= 4 is 45.5 Å². The number of benzene rings is 2. The predicted molar refractivity (Wildman–Crippen MR) is 147 cm³/mol. The second kappa shape index (κ2) is 10.8. The third-order valence-electron chi connectivity index (χ3n) is 6.42. The number of ether oxygens (including phenoxy) is 2. The first-order chi connectivity index (χ1) is 17.4. The van der Waals surface area contributed by atoms with Crippen LogP contribution in [0.1, 0.15) is 77.8 Å². The normalized spacial score (nSPS) is 12.9. The fourth-order valence-electron chi connectivity index (χ4n) is 4.73. The minimum atomic E-state index is -1.14. The standard InChI is InChI=1S/C28H31FN2O6.BrH/c1-7-35-20-11-16-12-31(26(30)22(16)23(29)25(20)36-8-2)13-19(32)15-9-17-21(27(33)34)14(3)37-24(17)18(10-15)28(4,5)6;/h9-11,30H,7-8,12-13H2,1-6H3,(H,33,34);1H. The van der Waals surface area contributed by atoms with Crippen LogP contribution in [0.15, 0.2) is 22.6 Å². The second-order valence-electron chi connectivity index (χ2n) is 10.0. The number of aryl methyl sites for hydroxylation is 1. The number of carbonyl (C=O) groups is 2. The van der Waals surface area contributed by atoms with Crippen molar-refractivity contribution < 1.29 is 33.0 Å². The average molecular weight is 591 g/mol. The van der Waals surface area contributed by atoms with E-state index in [0.29, 0.717) is 34.3 Å². The maximum atomic E-state index is 15.4. The highest BCUT2D eigenvalue weighted by Crippen LogP contribution is 2.40. The molecule has 4 rings (SSSR count). The smallest absolute Gasteiger partial charge is 0.339 e. The number of nitrogens with zero attached hydrogens (tertiary/aromatic N) is 1. The molecule has 8 nitrogen and oxygen atoms in total. The highest BCUT2D eigenvalue weighted by Gasteiger charge is 2.34. The Morgan fingerprint density at radius 3 is 2.39 bits per heavy atom. The number of carbonyl (C=O) groups excluding carboxylic acids is 1. The molecule has 0 bridgehead atoms. The Balaban J connectivity index is 0.00000400. The molecule has 0 aliphatic carbocycles. The molecule has 0 amide bonds. The van der Waals surface area contributed by atoms with Crippen molar-refractivity contribution in [1.82, 2.24) is 4.90 Å². The summed E-state index contributed by atoms with van der Waals surface area (Å²) in [5.41, 5.74) is 1.66. The van der Waals surface area contributed by atoms with Crippen LogP contribution in [-0.4, -0.2) is 47.4 Å². The van der Waals surface area contributed by atoms with Gasteiger partial charge in [-0.3, -0.25) is 10.2 Å². The zero-order valence-corrected chi connectivity index (χ0v) is 24.0. The highest BCUT2D eigenvalue weighted by atomic mass is 79.9. The van der Waals surface area contributed by atoms with Gasteiger partial charge in [-0.25, -0.2) is 9.18 Å². The van der Waals surface area contributed by atoms with E-state index in [1.807, 2.05) is 20.8 Å². The Morgan fingerprint density at radius 2 is 1.82 bits per heavy atom. The number of furan rings is 1. The van der Waals surface area contributed by atoms with E-state index < -0.39 is 17.2 Å². The number of carboxylic acids is 1. The fourth-order valence-corrected chi connectivity index (χ4v) is 4.73. The van der Waals surface area contributed by atoms with Gasteiger partial charge < -0.3 is 23.9 Å². The van der Waals surface area contributed by atoms with Crippen LogP contribution in [0.5, 0.6) is 11.5 Å². The third kappa shape index (κ3) is 5.01. The molecule has 38 heavy (non-hydrogen) atoms. The lowest BCUT2D eigenvalue weighted by molar-refractivity contribution is 0.0696. The van der Waals surface area contributed by atoms with Gasteiger partial charge in [0.2, 0.25) is 0 Å². The monoisotopic (exact) mass is 590 g/mol. The molecule has 0 saturated heterocycles. The van der Waals surface area contributed by atoms with E-state index in [-0.39, 0.29) is 76.7 Å². The molecule has 204 valence electrons. The number of hydrogen-bond acceptors (Lipinski definition) is 6. The fraction of sp³-hybridized carbons (Fsp3) is 0.393. The first-order valence-electron chi connectivity index (χ1n) is 12.2. The summed E-state index contributed by atoms with van der Waals surface area (Å²) < 4.78 is 32.2. The van der Waals surface area contributed by atoms with Crippen molar-refractivity contribution in [3.63, 3.8) is 0 Å². The van der Waals surface area contributed by atoms with E-state index in [1.54, 1.807) is 32.9 Å². The molecule has 1 aliphatic rings. The minimum Gasteiger partial charge on any atom is -0.490 e. The number of Topliss-reactive ketones (excluding diaryl/α,β-unsaturated/α-hetero) is 1. The van der Waals surface area contributed by atoms with Gasteiger partial charge in [-0.15, -0.1) is 17.0 Å². The molecule has 10 heteroatoms. The zero-order chi connectivity index (χ0) is 27.2. The molecule has 1 aliphatic heterocycles. The lowest BCUT2D eigenvalue weighted by Gasteiger charge is -2.21. The topological polar surface area (TPSA) is 113 Å². The molecular weight excluding hydrogens is 559 g/mol. The quantitative estimate of drug-likeness (QED) is 0.297. The maximum Gasteiger partial charge on any atom is 0.339 e. The zero-order valence-electron chi connectivity index (χ0n) is 22.3. The van der Waals surface area contributed by atoms with Gasteiger partial charge in [0.05, 0.1) is 25.3 Å². The number of aromatic carboxylic acids is 1. The second-order valence-corrected chi connectivity index (χ2v) is 10.0. The van der Waals surface area contributed by atoms with Crippen LogP contribution in [0.3, 0.4) is 0 Å². The molecule has 2 N–H and O–H groups in total. The van der Waals surface area contributed by atoms with Crippen molar-refractivity contribution in [2.45, 2.75) is 53.5 Å². The Morgan fingerprint density at radius 1 is 1.16 bits per heavy atom. The molecule has 0 atom stereocenters. The van der Waals surface area contributed by atoms with E-state index in [9.17, 15) is 14.7 Å². The Bertz CT molecular complexity index is 1440. The molecule has 0 spiro atoms. The van der Waals surface area contributed by atoms with Gasteiger partial charge in [-0.1, -0.05) is 20.8 Å². The van der Waals surface area contributed by atoms with Crippen LogP contribution in [0.25, 0.3) is 11.0 Å². The number of carboxylic acid groups (broad SMARTS) is 1. The van der Waals surface area contributed by atoms with E-state index in [2.05, 4.69) is 0 Å². The van der Waals surface area contributed by atoms with E-state index in [1.165, 1.54) is 11.0 Å². The summed E-state index contributed by atoms with van der Waals surface area (Å²) in [4.78, 5) is 26.9. The number of rotatable bonds is 8. The Kier molecular flexibility index (Phi) is 8.26. The highest BCUT2D eigenvalue weighted by molar-refractivity contribution is 8.93. The number of nitrogens with one attached hydrogen (secondary N) is 1. The molecule has 2 aromatic carbocycles. The van der Waals surface area contributed by atoms with Crippen LogP contribution in [-0.2, 0) is 12.0 Å². The number of fused-ring (bicyclic) bond motifs is 2. The van der Waals surface area contributed by atoms with E-state index >= 15 is 4.39 Å². The largest absolute Gasteiger partial charge is 0.490 e. The van der Waals surface area contributed by atoms with Crippen molar-refractivity contribution in [2.24, 2.45) is 0 Å². The minimum absolute atomic E-state index is 0. The maximum absolute atomic E-state index is 15.4. The first kappa shape index (κ1) is 29.2. The summed E-state index contributed by atoms with van der Waals surface area (Å²) in [5.74, 6) is -1.78. The van der Waals surface area contributed by atoms with Crippen LogP contribution >= 0.6 is 17.0 Å². The summed E-state index contributed by atoms with van der Waals surface area (Å²) in [6.07, 6.45) is 0. The lowest BCUT2D eigenvalue weighted by Crippen LogP contribution is -2.30. The number of halogens is 2. The van der Waals surface area contributed by atoms with Gasteiger partial charge in [0, 0.05) is 23.1 Å². The number of ketones is 1. The molecule has 1 aromatic heterocycles. The average Bonchev–Trinajstić information content (AvgIpc) is 3.30. The van der Waals surface area contributed by atoms with Crippen LogP contribution in [0, 0.1) is 18.2 Å². The lowest BCUT2D eigenvalue weighted by atomic mass is 9.84. The van der Waals surface area contributed by atoms with Crippen LogP contribution in [0.4, 0.5) is 4.39 Å². The summed E-state index contributed by atoms with van der Waals surface area (Å²) in [7, 11) is 0. The molecule has 0 radical (unpaired) electrons.